The average molecular weight is 279 g/mol. The van der Waals surface area contributed by atoms with Crippen molar-refractivity contribution in [3.8, 4) is 0 Å². The molecule has 0 bridgehead atoms. The average Bonchev–Trinajstić information content (AvgIpc) is 2.32. The van der Waals surface area contributed by atoms with E-state index < -0.39 is 0 Å². The van der Waals surface area contributed by atoms with Crippen molar-refractivity contribution in [3.63, 3.8) is 0 Å². The number of rotatable bonds is 4. The van der Waals surface area contributed by atoms with Crippen LogP contribution in [0.5, 0.6) is 0 Å². The molecule has 0 saturated heterocycles. The first-order chi connectivity index (χ1) is 8.93. The summed E-state index contributed by atoms with van der Waals surface area (Å²) in [6.07, 6.45) is 0.458. The second kappa shape index (κ2) is 7.49. The van der Waals surface area contributed by atoms with Crippen molar-refractivity contribution in [2.45, 2.75) is 41.0 Å². The van der Waals surface area contributed by atoms with Crippen LogP contribution in [0.3, 0.4) is 0 Å². The van der Waals surface area contributed by atoms with Crippen LogP contribution in [0.1, 0.15) is 37.5 Å². The zero-order valence-corrected chi connectivity index (χ0v) is 13.3. The Bertz CT molecular complexity index is 476. The smallest absolute Gasteiger partial charge is 0.286 e. The summed E-state index contributed by atoms with van der Waals surface area (Å²) in [4.78, 5) is 12.1. The van der Waals surface area contributed by atoms with Gasteiger partial charge in [0.15, 0.2) is 0 Å². The van der Waals surface area contributed by atoms with Crippen LogP contribution in [0.15, 0.2) is 18.2 Å². The van der Waals surface area contributed by atoms with Crippen LogP contribution in [-0.2, 0) is 15.6 Å². The highest BCUT2D eigenvalue weighted by molar-refractivity contribution is 8.26. The van der Waals surface area contributed by atoms with Gasteiger partial charge in [-0.25, -0.2) is 0 Å². The van der Waals surface area contributed by atoms with E-state index in [9.17, 15) is 4.79 Å². The lowest BCUT2D eigenvalue weighted by molar-refractivity contribution is -0.451. The van der Waals surface area contributed by atoms with Crippen molar-refractivity contribution in [2.75, 3.05) is 6.61 Å². The van der Waals surface area contributed by atoms with E-state index in [1.165, 1.54) is 22.9 Å². The van der Waals surface area contributed by atoms with E-state index in [-0.39, 0.29) is 11.0 Å². The minimum Gasteiger partial charge on any atom is -0.286 e. The number of hydrogen-bond acceptors (Lipinski definition) is 2. The molecule has 0 radical (unpaired) electrons. The minimum absolute atomic E-state index is 0.143. The minimum atomic E-state index is 0.143. The Balaban J connectivity index is 2.72. The van der Waals surface area contributed by atoms with Crippen LogP contribution in [0.4, 0.5) is 0 Å². The molecule has 1 aromatic carbocycles. The molecule has 0 N–H and O–H groups in total. The summed E-state index contributed by atoms with van der Waals surface area (Å²) in [6.45, 7) is 10.8. The molecule has 0 amide bonds. The Morgan fingerprint density at radius 1 is 1.32 bits per heavy atom. The second-order valence-corrected chi connectivity index (χ2v) is 6.05. The van der Waals surface area contributed by atoms with Gasteiger partial charge in [-0.05, 0) is 38.8 Å². The number of benzene rings is 1. The molecular formula is C16H23O2S+. The molecule has 0 aliphatic rings. The topological polar surface area (TPSA) is 28.4 Å². The van der Waals surface area contributed by atoms with Gasteiger partial charge in [-0.1, -0.05) is 23.8 Å². The van der Waals surface area contributed by atoms with Gasteiger partial charge in [0.1, 0.15) is 0 Å². The molecule has 1 aromatic rings. The normalized spacial score (nSPS) is 12.0. The van der Waals surface area contributed by atoms with E-state index in [1.54, 1.807) is 0 Å². The predicted octanol–water partition coefficient (Wildman–Crippen LogP) is 3.84. The van der Waals surface area contributed by atoms with Gasteiger partial charge in [-0.15, -0.1) is 0 Å². The molecule has 3 heteroatoms. The number of carbonyl (C=O) groups excluding carboxylic acids is 2. The zero-order valence-electron chi connectivity index (χ0n) is 12.4. The van der Waals surface area contributed by atoms with E-state index in [0.717, 1.165) is 10.7 Å². The summed E-state index contributed by atoms with van der Waals surface area (Å²) < 4.78 is 5.52. The lowest BCUT2D eigenvalue weighted by Crippen LogP contribution is -2.11. The molecule has 0 unspecified atom stereocenters. The molecule has 0 atom stereocenters. The van der Waals surface area contributed by atoms with Gasteiger partial charge in [-0.3, -0.25) is 9.22 Å². The van der Waals surface area contributed by atoms with Gasteiger partial charge in [0.25, 0.3) is 6.61 Å². The Labute approximate surface area is 120 Å². The molecule has 19 heavy (non-hydrogen) atoms. The molecule has 0 spiro atoms. The van der Waals surface area contributed by atoms with Crippen LogP contribution >= 0.6 is 11.8 Å². The highest BCUT2D eigenvalue weighted by Crippen LogP contribution is 2.18. The van der Waals surface area contributed by atoms with Crippen LogP contribution in [0, 0.1) is 19.8 Å². The van der Waals surface area contributed by atoms with E-state index in [4.69, 9.17) is 4.42 Å². The van der Waals surface area contributed by atoms with E-state index in [1.807, 2.05) is 26.8 Å². The molecule has 0 heterocycles. The third-order valence-corrected chi connectivity index (χ3v) is 3.97. The summed E-state index contributed by atoms with van der Waals surface area (Å²) in [6, 6.07) is 6.21. The van der Waals surface area contributed by atoms with Crippen molar-refractivity contribution in [2.24, 2.45) is 5.92 Å². The van der Waals surface area contributed by atoms with Crippen LogP contribution in [0.2, 0.25) is 0 Å². The quantitative estimate of drug-likeness (QED) is 0.783. The molecule has 0 aliphatic carbocycles. The molecule has 2 nitrogen and oxygen atoms in total. The van der Waals surface area contributed by atoms with Crippen LogP contribution in [0.25, 0.3) is 0 Å². The van der Waals surface area contributed by atoms with Crippen LogP contribution in [-0.4, -0.2) is 16.8 Å². The standard InChI is InChI=1S/C16H23O2S/c1-6-18-16(11(2)3)19-15(17)10-14-8-7-12(4)9-13(14)5/h7-9,11H,6,10H2,1-5H3/q+1. The monoisotopic (exact) mass is 279 g/mol. The lowest BCUT2D eigenvalue weighted by atomic mass is 10.0. The fraction of sp³-hybridized carbons (Fsp3) is 0.500. The predicted molar refractivity (Wildman–Crippen MR) is 82.6 cm³/mol. The van der Waals surface area contributed by atoms with E-state index in [2.05, 4.69) is 26.0 Å². The Morgan fingerprint density at radius 2 is 2.00 bits per heavy atom. The van der Waals surface area contributed by atoms with E-state index in [0.29, 0.717) is 13.0 Å². The second-order valence-electron chi connectivity index (χ2n) is 4.99. The molecule has 0 fully saturated rings. The lowest BCUT2D eigenvalue weighted by Gasteiger charge is -2.05. The fourth-order valence-electron chi connectivity index (χ4n) is 1.80. The molecule has 1 rings (SSSR count). The number of hydrogen-bond donors (Lipinski definition) is 0. The first-order valence-corrected chi connectivity index (χ1v) is 7.52. The SMILES string of the molecule is CC[O+]=C(SC(=O)Cc1ccc(C)cc1C)C(C)C. The molecule has 104 valence electrons. The molecular weight excluding hydrogens is 256 g/mol. The third-order valence-electron chi connectivity index (χ3n) is 2.81. The Kier molecular flexibility index (Phi) is 6.29. The molecule has 0 aliphatic heterocycles. The van der Waals surface area contributed by atoms with Crippen molar-refractivity contribution in [1.29, 1.82) is 0 Å². The largest absolute Gasteiger partial charge is 0.364 e. The highest BCUT2D eigenvalue weighted by Gasteiger charge is 2.22. The van der Waals surface area contributed by atoms with Crippen molar-refractivity contribution in [3.05, 3.63) is 34.9 Å². The Morgan fingerprint density at radius 3 is 2.53 bits per heavy atom. The van der Waals surface area contributed by atoms with Gasteiger partial charge in [0.05, 0.1) is 5.92 Å². The van der Waals surface area contributed by atoms with Crippen LogP contribution < -0.4 is 0 Å². The summed E-state index contributed by atoms with van der Waals surface area (Å²) in [7, 11) is 0. The molecule has 0 saturated carbocycles. The first-order valence-electron chi connectivity index (χ1n) is 6.70. The zero-order chi connectivity index (χ0) is 14.4. The van der Waals surface area contributed by atoms with Gasteiger partial charge in [0, 0.05) is 25.1 Å². The maximum absolute atomic E-state index is 12.1. The summed E-state index contributed by atoms with van der Waals surface area (Å²) in [5, 5.41) is 0.960. The number of aryl methyl sites for hydroxylation is 2. The third kappa shape index (κ3) is 5.19. The summed E-state index contributed by atoms with van der Waals surface area (Å²) >= 11 is 1.24. The van der Waals surface area contributed by atoms with Gasteiger partial charge >= 0.3 is 5.12 Å². The first kappa shape index (κ1) is 16.0. The van der Waals surface area contributed by atoms with Crippen molar-refractivity contribution >= 4 is 22.0 Å². The maximum atomic E-state index is 12.1. The van der Waals surface area contributed by atoms with Gasteiger partial charge in [0.2, 0.25) is 5.12 Å². The Hall–Kier alpha value is -1.09. The summed E-state index contributed by atoms with van der Waals surface area (Å²) in [5.74, 6) is 0.257. The fourth-order valence-corrected chi connectivity index (χ4v) is 2.67. The number of thioether (sulfide) groups is 1. The van der Waals surface area contributed by atoms with Gasteiger partial charge in [-0.2, -0.15) is 0 Å². The summed E-state index contributed by atoms with van der Waals surface area (Å²) in [5.41, 5.74) is 3.50. The van der Waals surface area contributed by atoms with Gasteiger partial charge < -0.3 is 0 Å². The number of carbonyl (C=O) groups is 1. The maximum Gasteiger partial charge on any atom is 0.364 e. The van der Waals surface area contributed by atoms with Crippen molar-refractivity contribution < 1.29 is 9.22 Å². The highest BCUT2D eigenvalue weighted by atomic mass is 32.2. The molecule has 0 aromatic heterocycles. The van der Waals surface area contributed by atoms with E-state index >= 15 is 0 Å². The van der Waals surface area contributed by atoms with Crippen molar-refractivity contribution in [1.82, 2.24) is 0 Å².